The van der Waals surface area contributed by atoms with E-state index in [1.807, 2.05) is 0 Å². The van der Waals surface area contributed by atoms with E-state index in [4.69, 9.17) is 0 Å². The van der Waals surface area contributed by atoms with Crippen LogP contribution in [-0.2, 0) is 4.79 Å². The van der Waals surface area contributed by atoms with E-state index < -0.39 is 0 Å². The fraction of sp³-hybridized carbons (Fsp3) is 0.900. The molecule has 2 unspecified atom stereocenters. The Bertz CT molecular complexity index is 219. The van der Waals surface area contributed by atoms with Gasteiger partial charge in [-0.15, -0.1) is 0 Å². The number of nitrogens with zero attached hydrogens (tertiary/aromatic N) is 1. The Morgan fingerprint density at radius 1 is 1.50 bits per heavy atom. The number of piperazine rings is 2. The predicted octanol–water partition coefficient (Wildman–Crippen LogP) is -0.441. The van der Waals surface area contributed by atoms with Crippen molar-refractivity contribution in [2.24, 2.45) is 0 Å². The minimum absolute atomic E-state index is 0.179. The van der Waals surface area contributed by atoms with Crippen LogP contribution in [0.3, 0.4) is 0 Å². The maximum absolute atomic E-state index is 11.2. The van der Waals surface area contributed by atoms with Gasteiger partial charge in [0.25, 0.3) is 0 Å². The lowest BCUT2D eigenvalue weighted by molar-refractivity contribution is -0.126. The fourth-order valence-electron chi connectivity index (χ4n) is 2.34. The van der Waals surface area contributed by atoms with Gasteiger partial charge in [0.1, 0.15) is 0 Å². The maximum atomic E-state index is 11.2. The Kier molecular flexibility index (Phi) is 3.03. The molecule has 80 valence electrons. The average Bonchev–Trinajstić information content (AvgIpc) is 2.17. The number of rotatable bonds is 2. The van der Waals surface area contributed by atoms with Crippen LogP contribution in [0.25, 0.3) is 0 Å². The third-order valence-corrected chi connectivity index (χ3v) is 3.13. The molecular formula is C10H19N3O. The standard InChI is InChI=1S/C10H19N3O/c1-2-3-8-6-13-7-10(14)12-5-9(13)4-11-8/h8-9,11H,2-7H2,1H3,(H,12,14). The quantitative estimate of drug-likeness (QED) is 0.631. The Morgan fingerprint density at radius 3 is 3.14 bits per heavy atom. The highest BCUT2D eigenvalue weighted by atomic mass is 16.2. The van der Waals surface area contributed by atoms with Crippen LogP contribution in [0.1, 0.15) is 19.8 Å². The summed E-state index contributed by atoms with van der Waals surface area (Å²) >= 11 is 0. The summed E-state index contributed by atoms with van der Waals surface area (Å²) in [5, 5.41) is 6.45. The summed E-state index contributed by atoms with van der Waals surface area (Å²) in [6.45, 7) is 5.66. The monoisotopic (exact) mass is 197 g/mol. The summed E-state index contributed by atoms with van der Waals surface area (Å²) in [5.41, 5.74) is 0. The van der Waals surface area contributed by atoms with E-state index in [2.05, 4.69) is 22.5 Å². The Labute approximate surface area is 85.0 Å². The molecular weight excluding hydrogens is 178 g/mol. The van der Waals surface area contributed by atoms with E-state index >= 15 is 0 Å². The Hall–Kier alpha value is -0.610. The highest BCUT2D eigenvalue weighted by Crippen LogP contribution is 2.12. The summed E-state index contributed by atoms with van der Waals surface area (Å²) in [7, 11) is 0. The summed E-state index contributed by atoms with van der Waals surface area (Å²) in [4.78, 5) is 13.5. The van der Waals surface area contributed by atoms with Crippen LogP contribution in [0.2, 0.25) is 0 Å². The Balaban J connectivity index is 1.89. The molecule has 2 heterocycles. The summed E-state index contributed by atoms with van der Waals surface area (Å²) in [6.07, 6.45) is 2.42. The van der Waals surface area contributed by atoms with E-state index in [-0.39, 0.29) is 5.91 Å². The zero-order valence-electron chi connectivity index (χ0n) is 8.75. The number of amides is 1. The second kappa shape index (κ2) is 4.28. The van der Waals surface area contributed by atoms with E-state index in [1.165, 1.54) is 12.8 Å². The molecule has 2 aliphatic heterocycles. The fourth-order valence-corrected chi connectivity index (χ4v) is 2.34. The van der Waals surface area contributed by atoms with Crippen LogP contribution in [0, 0.1) is 0 Å². The van der Waals surface area contributed by atoms with Gasteiger partial charge >= 0.3 is 0 Å². The summed E-state index contributed by atoms with van der Waals surface area (Å²) < 4.78 is 0. The number of carbonyl (C=O) groups is 1. The molecule has 4 nitrogen and oxygen atoms in total. The first-order valence-corrected chi connectivity index (χ1v) is 5.53. The van der Waals surface area contributed by atoms with E-state index in [0.29, 0.717) is 18.6 Å². The van der Waals surface area contributed by atoms with Gasteiger partial charge in [-0.25, -0.2) is 0 Å². The molecule has 4 heteroatoms. The van der Waals surface area contributed by atoms with Gasteiger partial charge in [-0.05, 0) is 6.42 Å². The van der Waals surface area contributed by atoms with Gasteiger partial charge in [0.2, 0.25) is 5.91 Å². The van der Waals surface area contributed by atoms with Gasteiger partial charge in [0, 0.05) is 31.7 Å². The van der Waals surface area contributed by atoms with Gasteiger partial charge in [-0.2, -0.15) is 0 Å². The van der Waals surface area contributed by atoms with Gasteiger partial charge in [0.05, 0.1) is 6.54 Å². The molecule has 0 aromatic heterocycles. The smallest absolute Gasteiger partial charge is 0.234 e. The van der Waals surface area contributed by atoms with Crippen molar-refractivity contribution >= 4 is 5.91 Å². The molecule has 0 radical (unpaired) electrons. The van der Waals surface area contributed by atoms with Gasteiger partial charge in [-0.3, -0.25) is 9.69 Å². The van der Waals surface area contributed by atoms with Crippen molar-refractivity contribution < 1.29 is 4.79 Å². The number of hydrogen-bond acceptors (Lipinski definition) is 3. The molecule has 0 aromatic carbocycles. The van der Waals surface area contributed by atoms with E-state index in [9.17, 15) is 4.79 Å². The summed E-state index contributed by atoms with van der Waals surface area (Å²) in [5.74, 6) is 0.179. The first kappa shape index (κ1) is 9.93. The van der Waals surface area contributed by atoms with Crippen molar-refractivity contribution in [3.8, 4) is 0 Å². The minimum atomic E-state index is 0.179. The van der Waals surface area contributed by atoms with Crippen LogP contribution >= 0.6 is 0 Å². The lowest BCUT2D eigenvalue weighted by Gasteiger charge is -2.42. The molecule has 2 aliphatic rings. The highest BCUT2D eigenvalue weighted by molar-refractivity contribution is 5.78. The van der Waals surface area contributed by atoms with Crippen molar-refractivity contribution in [2.75, 3.05) is 26.2 Å². The highest BCUT2D eigenvalue weighted by Gasteiger charge is 2.31. The number of nitrogens with one attached hydrogen (secondary N) is 2. The lowest BCUT2D eigenvalue weighted by Crippen LogP contribution is -2.64. The molecule has 0 bridgehead atoms. The first-order chi connectivity index (χ1) is 6.79. The molecule has 0 aromatic rings. The van der Waals surface area contributed by atoms with Crippen LogP contribution < -0.4 is 10.6 Å². The molecule has 0 spiro atoms. The number of hydrogen-bond donors (Lipinski definition) is 2. The van der Waals surface area contributed by atoms with Crippen molar-refractivity contribution in [3.63, 3.8) is 0 Å². The average molecular weight is 197 g/mol. The van der Waals surface area contributed by atoms with Crippen molar-refractivity contribution in [1.29, 1.82) is 0 Å². The molecule has 2 saturated heterocycles. The van der Waals surface area contributed by atoms with Gasteiger partial charge < -0.3 is 10.6 Å². The Morgan fingerprint density at radius 2 is 2.36 bits per heavy atom. The first-order valence-electron chi connectivity index (χ1n) is 5.53. The molecule has 2 rings (SSSR count). The number of carbonyl (C=O) groups excluding carboxylic acids is 1. The molecule has 0 aliphatic carbocycles. The van der Waals surface area contributed by atoms with Crippen molar-refractivity contribution in [1.82, 2.24) is 15.5 Å². The zero-order chi connectivity index (χ0) is 9.97. The topological polar surface area (TPSA) is 44.4 Å². The molecule has 2 atom stereocenters. The minimum Gasteiger partial charge on any atom is -0.353 e. The van der Waals surface area contributed by atoms with E-state index in [0.717, 1.165) is 19.6 Å². The van der Waals surface area contributed by atoms with Crippen LogP contribution in [0.5, 0.6) is 0 Å². The maximum Gasteiger partial charge on any atom is 0.234 e. The van der Waals surface area contributed by atoms with Gasteiger partial charge in [0.15, 0.2) is 0 Å². The van der Waals surface area contributed by atoms with Crippen LogP contribution in [0.4, 0.5) is 0 Å². The van der Waals surface area contributed by atoms with Crippen molar-refractivity contribution in [3.05, 3.63) is 0 Å². The SMILES string of the molecule is CCCC1CN2CC(=O)NCC2CN1. The molecule has 0 saturated carbocycles. The zero-order valence-corrected chi connectivity index (χ0v) is 8.75. The van der Waals surface area contributed by atoms with Gasteiger partial charge in [-0.1, -0.05) is 13.3 Å². The number of fused-ring (bicyclic) bond motifs is 1. The molecule has 2 N–H and O–H groups in total. The molecule has 14 heavy (non-hydrogen) atoms. The third kappa shape index (κ3) is 2.07. The van der Waals surface area contributed by atoms with Crippen LogP contribution in [0.15, 0.2) is 0 Å². The van der Waals surface area contributed by atoms with E-state index in [1.54, 1.807) is 0 Å². The normalized spacial score (nSPS) is 33.6. The van der Waals surface area contributed by atoms with Crippen LogP contribution in [-0.4, -0.2) is 49.1 Å². The molecule has 1 amide bonds. The second-order valence-corrected chi connectivity index (χ2v) is 4.28. The predicted molar refractivity (Wildman–Crippen MR) is 55.1 cm³/mol. The van der Waals surface area contributed by atoms with Crippen molar-refractivity contribution in [2.45, 2.75) is 31.8 Å². The largest absolute Gasteiger partial charge is 0.353 e. The molecule has 2 fully saturated rings. The summed E-state index contributed by atoms with van der Waals surface area (Å²) in [6, 6.07) is 1.10. The lowest BCUT2D eigenvalue weighted by atomic mass is 10.0. The third-order valence-electron chi connectivity index (χ3n) is 3.13. The second-order valence-electron chi connectivity index (χ2n) is 4.28.